The third kappa shape index (κ3) is 7.38. The van der Waals surface area contributed by atoms with Crippen molar-refractivity contribution in [2.75, 3.05) is 26.2 Å². The van der Waals surface area contributed by atoms with Crippen LogP contribution in [0.5, 0.6) is 0 Å². The molecule has 0 saturated heterocycles. The number of ketones is 1. The van der Waals surface area contributed by atoms with E-state index in [1.807, 2.05) is 19.9 Å². The normalized spacial score (nSPS) is 14.6. The SMILES string of the molecule is CC(C)C(=O)c1ccc2c(c1)CCN(CCCCCCCCN)CC2.Cl. The summed E-state index contributed by atoms with van der Waals surface area (Å²) < 4.78 is 0. The lowest BCUT2D eigenvalue weighted by molar-refractivity contribution is 0.0939. The van der Waals surface area contributed by atoms with Gasteiger partial charge in [-0.15, -0.1) is 12.4 Å². The largest absolute Gasteiger partial charge is 0.330 e. The van der Waals surface area contributed by atoms with E-state index in [0.717, 1.165) is 38.0 Å². The molecule has 26 heavy (non-hydrogen) atoms. The second-order valence-electron chi connectivity index (χ2n) is 7.75. The molecule has 0 fully saturated rings. The topological polar surface area (TPSA) is 46.3 Å². The van der Waals surface area contributed by atoms with Gasteiger partial charge < -0.3 is 10.6 Å². The summed E-state index contributed by atoms with van der Waals surface area (Å²) >= 11 is 0. The number of benzene rings is 1. The van der Waals surface area contributed by atoms with Gasteiger partial charge in [-0.25, -0.2) is 0 Å². The molecule has 148 valence electrons. The molecule has 1 aliphatic rings. The van der Waals surface area contributed by atoms with Crippen LogP contribution >= 0.6 is 12.4 Å². The maximum Gasteiger partial charge on any atom is 0.165 e. The van der Waals surface area contributed by atoms with Gasteiger partial charge in [0.05, 0.1) is 0 Å². The van der Waals surface area contributed by atoms with Gasteiger partial charge in [-0.05, 0) is 56.0 Å². The first-order valence-corrected chi connectivity index (χ1v) is 10.2. The number of carbonyl (C=O) groups is 1. The van der Waals surface area contributed by atoms with Gasteiger partial charge in [0.1, 0.15) is 0 Å². The summed E-state index contributed by atoms with van der Waals surface area (Å²) in [6, 6.07) is 6.36. The first-order chi connectivity index (χ1) is 12.1. The van der Waals surface area contributed by atoms with E-state index < -0.39 is 0 Å². The molecule has 0 spiro atoms. The number of hydrogen-bond donors (Lipinski definition) is 1. The molecule has 1 aromatic rings. The molecule has 1 aliphatic heterocycles. The molecule has 0 bridgehead atoms. The maximum absolute atomic E-state index is 12.2. The number of Topliss-reactive ketones (excluding diaryl/α,β-unsaturated/α-hetero) is 1. The van der Waals surface area contributed by atoms with Gasteiger partial charge in [0.25, 0.3) is 0 Å². The van der Waals surface area contributed by atoms with Crippen LogP contribution in [0.3, 0.4) is 0 Å². The zero-order valence-electron chi connectivity index (χ0n) is 16.6. The molecule has 0 unspecified atom stereocenters. The highest BCUT2D eigenvalue weighted by molar-refractivity contribution is 5.97. The van der Waals surface area contributed by atoms with E-state index in [0.29, 0.717) is 0 Å². The van der Waals surface area contributed by atoms with Crippen molar-refractivity contribution < 1.29 is 4.79 Å². The van der Waals surface area contributed by atoms with Crippen molar-refractivity contribution in [3.05, 3.63) is 34.9 Å². The van der Waals surface area contributed by atoms with E-state index >= 15 is 0 Å². The third-order valence-corrected chi connectivity index (χ3v) is 5.34. The number of carbonyl (C=O) groups excluding carboxylic acids is 1. The van der Waals surface area contributed by atoms with Crippen LogP contribution in [0.25, 0.3) is 0 Å². The van der Waals surface area contributed by atoms with Gasteiger partial charge in [-0.2, -0.15) is 0 Å². The summed E-state index contributed by atoms with van der Waals surface area (Å²) in [6.45, 7) is 8.27. The number of unbranched alkanes of at least 4 members (excludes halogenated alkanes) is 5. The fourth-order valence-electron chi connectivity index (χ4n) is 3.67. The average molecular weight is 381 g/mol. The second-order valence-corrected chi connectivity index (χ2v) is 7.75. The molecule has 0 radical (unpaired) electrons. The molecule has 0 aliphatic carbocycles. The van der Waals surface area contributed by atoms with Gasteiger partial charge in [-0.3, -0.25) is 4.79 Å². The lowest BCUT2D eigenvalue weighted by Gasteiger charge is -2.19. The Bertz CT molecular complexity index is 545. The standard InChI is InChI=1S/C22H36N2O.ClH/c1-18(2)22(25)21-10-9-19-11-15-24(16-12-20(19)17-21)14-8-6-4-3-5-7-13-23;/h9-10,17-18H,3-8,11-16,23H2,1-2H3;1H. The van der Waals surface area contributed by atoms with Crippen molar-refractivity contribution in [2.45, 2.75) is 65.2 Å². The zero-order chi connectivity index (χ0) is 18.1. The van der Waals surface area contributed by atoms with Crippen LogP contribution in [0.1, 0.15) is 73.9 Å². The predicted octanol–water partition coefficient (Wildman–Crippen LogP) is 4.65. The molecule has 0 saturated carbocycles. The third-order valence-electron chi connectivity index (χ3n) is 5.34. The summed E-state index contributed by atoms with van der Waals surface area (Å²) in [5, 5.41) is 0. The molecule has 3 nitrogen and oxygen atoms in total. The van der Waals surface area contributed by atoms with E-state index in [1.165, 1.54) is 56.2 Å². The predicted molar refractivity (Wildman–Crippen MR) is 113 cm³/mol. The van der Waals surface area contributed by atoms with Crippen molar-refractivity contribution >= 4 is 18.2 Å². The Morgan fingerprint density at radius 3 is 2.27 bits per heavy atom. The second kappa shape index (κ2) is 12.5. The van der Waals surface area contributed by atoms with Crippen LogP contribution in [-0.2, 0) is 12.8 Å². The maximum atomic E-state index is 12.2. The molecule has 0 atom stereocenters. The molecule has 2 rings (SSSR count). The molecule has 0 aromatic heterocycles. The molecule has 4 heteroatoms. The molecular formula is C22H37ClN2O. The lowest BCUT2D eigenvalue weighted by atomic mass is 9.95. The van der Waals surface area contributed by atoms with Crippen molar-refractivity contribution in [3.8, 4) is 0 Å². The first kappa shape index (κ1) is 23.1. The van der Waals surface area contributed by atoms with E-state index in [4.69, 9.17) is 5.73 Å². The quantitative estimate of drug-likeness (QED) is 0.474. The Morgan fingerprint density at radius 1 is 1.00 bits per heavy atom. The minimum Gasteiger partial charge on any atom is -0.330 e. The molecular weight excluding hydrogens is 344 g/mol. The summed E-state index contributed by atoms with van der Waals surface area (Å²) in [5.41, 5.74) is 9.24. The minimum atomic E-state index is 0. The van der Waals surface area contributed by atoms with E-state index in [2.05, 4.69) is 17.0 Å². The van der Waals surface area contributed by atoms with Gasteiger partial charge in [0.15, 0.2) is 5.78 Å². The number of nitrogens with zero attached hydrogens (tertiary/aromatic N) is 1. The number of rotatable bonds is 10. The monoisotopic (exact) mass is 380 g/mol. The van der Waals surface area contributed by atoms with Crippen molar-refractivity contribution in [1.29, 1.82) is 0 Å². The van der Waals surface area contributed by atoms with E-state index in [-0.39, 0.29) is 24.1 Å². The molecule has 0 amide bonds. The van der Waals surface area contributed by atoms with Crippen LogP contribution in [0.15, 0.2) is 18.2 Å². The summed E-state index contributed by atoms with van der Waals surface area (Å²) in [7, 11) is 0. The highest BCUT2D eigenvalue weighted by Gasteiger charge is 2.17. The van der Waals surface area contributed by atoms with Gasteiger partial charge in [-0.1, -0.05) is 51.7 Å². The number of nitrogens with two attached hydrogens (primary N) is 1. The fraction of sp³-hybridized carbons (Fsp3) is 0.682. The lowest BCUT2D eigenvalue weighted by Crippen LogP contribution is -2.27. The fourth-order valence-corrected chi connectivity index (χ4v) is 3.67. The average Bonchev–Trinajstić information content (AvgIpc) is 2.82. The summed E-state index contributed by atoms with van der Waals surface area (Å²) in [5.74, 6) is 0.337. The van der Waals surface area contributed by atoms with Gasteiger partial charge in [0.2, 0.25) is 0 Å². The minimum absolute atomic E-state index is 0. The van der Waals surface area contributed by atoms with E-state index in [9.17, 15) is 4.79 Å². The Balaban J connectivity index is 0.00000338. The summed E-state index contributed by atoms with van der Waals surface area (Å²) in [6.07, 6.45) is 9.95. The first-order valence-electron chi connectivity index (χ1n) is 10.2. The molecule has 1 aromatic carbocycles. The summed E-state index contributed by atoms with van der Waals surface area (Å²) in [4.78, 5) is 14.8. The van der Waals surface area contributed by atoms with Gasteiger partial charge >= 0.3 is 0 Å². The molecule has 1 heterocycles. The number of halogens is 1. The number of hydrogen-bond acceptors (Lipinski definition) is 3. The van der Waals surface area contributed by atoms with Crippen LogP contribution in [0.4, 0.5) is 0 Å². The molecule has 2 N–H and O–H groups in total. The van der Waals surface area contributed by atoms with Crippen LogP contribution in [-0.4, -0.2) is 36.9 Å². The van der Waals surface area contributed by atoms with Crippen molar-refractivity contribution in [1.82, 2.24) is 4.90 Å². The highest BCUT2D eigenvalue weighted by atomic mass is 35.5. The van der Waals surface area contributed by atoms with Crippen LogP contribution in [0, 0.1) is 5.92 Å². The van der Waals surface area contributed by atoms with Crippen LogP contribution in [0.2, 0.25) is 0 Å². The Morgan fingerprint density at radius 2 is 1.62 bits per heavy atom. The van der Waals surface area contributed by atoms with Gasteiger partial charge in [0, 0.05) is 24.6 Å². The Kier molecular flexibility index (Phi) is 11.1. The number of fused-ring (bicyclic) bond motifs is 1. The van der Waals surface area contributed by atoms with Crippen molar-refractivity contribution in [2.24, 2.45) is 11.7 Å². The Labute approximate surface area is 166 Å². The van der Waals surface area contributed by atoms with Crippen molar-refractivity contribution in [3.63, 3.8) is 0 Å². The van der Waals surface area contributed by atoms with E-state index in [1.54, 1.807) is 0 Å². The highest BCUT2D eigenvalue weighted by Crippen LogP contribution is 2.20. The Hall–Kier alpha value is -0.900. The smallest absolute Gasteiger partial charge is 0.165 e. The van der Waals surface area contributed by atoms with Crippen LogP contribution < -0.4 is 5.73 Å². The zero-order valence-corrected chi connectivity index (χ0v) is 17.5.